The maximum atomic E-state index is 11.2. The standard InChI is InChI=1S/C10H20N2O4/c1-5-15-9(13)7(3)11-12-8(4)10(14)16-6-2/h7-8,11-12H,5-6H2,1-4H3/t7-,8-/m0/s1. The SMILES string of the molecule is CCOC(=O)[C@H](C)NN[C@@H](C)C(=O)OCC. The summed E-state index contributed by atoms with van der Waals surface area (Å²) in [6, 6.07) is -1.03. The highest BCUT2D eigenvalue weighted by Crippen LogP contribution is 1.89. The van der Waals surface area contributed by atoms with Crippen molar-refractivity contribution in [1.29, 1.82) is 0 Å². The first-order valence-electron chi connectivity index (χ1n) is 5.37. The number of hydrogen-bond acceptors (Lipinski definition) is 6. The van der Waals surface area contributed by atoms with E-state index in [1.54, 1.807) is 27.7 Å². The number of rotatable bonds is 7. The van der Waals surface area contributed by atoms with Crippen molar-refractivity contribution < 1.29 is 19.1 Å². The summed E-state index contributed by atoms with van der Waals surface area (Å²) in [5.74, 6) is -0.739. The average molecular weight is 232 g/mol. The number of hydrazine groups is 1. The lowest BCUT2D eigenvalue weighted by atomic mass is 10.3. The first kappa shape index (κ1) is 14.9. The van der Waals surface area contributed by atoms with E-state index in [1.807, 2.05) is 0 Å². The van der Waals surface area contributed by atoms with Gasteiger partial charge in [0.25, 0.3) is 0 Å². The predicted molar refractivity (Wildman–Crippen MR) is 58.5 cm³/mol. The molecule has 0 aromatic heterocycles. The minimum atomic E-state index is -0.517. The molecule has 6 heteroatoms. The zero-order valence-corrected chi connectivity index (χ0v) is 10.2. The van der Waals surface area contributed by atoms with Crippen molar-refractivity contribution in [3.8, 4) is 0 Å². The van der Waals surface area contributed by atoms with Crippen molar-refractivity contribution in [2.75, 3.05) is 13.2 Å². The summed E-state index contributed by atoms with van der Waals surface area (Å²) in [5.41, 5.74) is 5.36. The van der Waals surface area contributed by atoms with Crippen LogP contribution in [0.1, 0.15) is 27.7 Å². The van der Waals surface area contributed by atoms with Gasteiger partial charge in [-0.05, 0) is 27.7 Å². The third kappa shape index (κ3) is 5.67. The normalized spacial score (nSPS) is 14.0. The van der Waals surface area contributed by atoms with Gasteiger partial charge in [0.1, 0.15) is 12.1 Å². The van der Waals surface area contributed by atoms with Crippen LogP contribution in [0.25, 0.3) is 0 Å². The first-order valence-corrected chi connectivity index (χ1v) is 5.37. The summed E-state index contributed by atoms with van der Waals surface area (Å²) in [4.78, 5) is 22.4. The van der Waals surface area contributed by atoms with E-state index < -0.39 is 12.1 Å². The van der Waals surface area contributed by atoms with Gasteiger partial charge in [0, 0.05) is 0 Å². The summed E-state index contributed by atoms with van der Waals surface area (Å²) in [6.07, 6.45) is 0. The Morgan fingerprint density at radius 1 is 0.938 bits per heavy atom. The second kappa shape index (κ2) is 8.06. The van der Waals surface area contributed by atoms with Crippen molar-refractivity contribution in [2.45, 2.75) is 39.8 Å². The molecule has 0 radical (unpaired) electrons. The fourth-order valence-electron chi connectivity index (χ4n) is 0.902. The Balaban J connectivity index is 3.86. The molecule has 2 N–H and O–H groups in total. The summed E-state index contributed by atoms with van der Waals surface area (Å²) in [6.45, 7) is 7.42. The van der Waals surface area contributed by atoms with E-state index in [0.29, 0.717) is 13.2 Å². The zero-order chi connectivity index (χ0) is 12.6. The molecule has 0 aliphatic carbocycles. The van der Waals surface area contributed by atoms with Gasteiger partial charge in [0.15, 0.2) is 0 Å². The third-order valence-electron chi connectivity index (χ3n) is 1.80. The molecule has 6 nitrogen and oxygen atoms in total. The van der Waals surface area contributed by atoms with Gasteiger partial charge < -0.3 is 9.47 Å². The van der Waals surface area contributed by atoms with Crippen LogP contribution in [0, 0.1) is 0 Å². The number of ether oxygens (including phenoxy) is 2. The highest BCUT2D eigenvalue weighted by molar-refractivity contribution is 5.76. The Morgan fingerprint density at radius 3 is 1.50 bits per heavy atom. The smallest absolute Gasteiger partial charge is 0.324 e. The van der Waals surface area contributed by atoms with Crippen molar-refractivity contribution in [1.82, 2.24) is 10.9 Å². The molecule has 0 aromatic carbocycles. The molecule has 0 aromatic rings. The Morgan fingerprint density at radius 2 is 1.25 bits per heavy atom. The lowest BCUT2D eigenvalue weighted by molar-refractivity contribution is -0.148. The van der Waals surface area contributed by atoms with Crippen LogP contribution in [-0.4, -0.2) is 37.2 Å². The van der Waals surface area contributed by atoms with Crippen LogP contribution in [0.3, 0.4) is 0 Å². The van der Waals surface area contributed by atoms with Gasteiger partial charge in [0.05, 0.1) is 13.2 Å². The van der Waals surface area contributed by atoms with Gasteiger partial charge in [-0.15, -0.1) is 0 Å². The molecule has 0 spiro atoms. The number of esters is 2. The van der Waals surface area contributed by atoms with E-state index in [1.165, 1.54) is 0 Å². The number of carbonyl (C=O) groups is 2. The van der Waals surface area contributed by atoms with E-state index in [0.717, 1.165) is 0 Å². The maximum Gasteiger partial charge on any atom is 0.324 e. The van der Waals surface area contributed by atoms with E-state index in [-0.39, 0.29) is 11.9 Å². The first-order chi connectivity index (χ1) is 7.52. The number of nitrogens with one attached hydrogen (secondary N) is 2. The number of hydrogen-bond donors (Lipinski definition) is 2. The molecule has 0 amide bonds. The fourth-order valence-corrected chi connectivity index (χ4v) is 0.902. The monoisotopic (exact) mass is 232 g/mol. The largest absolute Gasteiger partial charge is 0.465 e. The van der Waals surface area contributed by atoms with Gasteiger partial charge in [-0.2, -0.15) is 0 Å². The molecule has 0 heterocycles. The van der Waals surface area contributed by atoms with Gasteiger partial charge >= 0.3 is 11.9 Å². The van der Waals surface area contributed by atoms with Crippen LogP contribution in [0.4, 0.5) is 0 Å². The molecule has 0 fully saturated rings. The van der Waals surface area contributed by atoms with Gasteiger partial charge in [-0.3, -0.25) is 9.59 Å². The van der Waals surface area contributed by atoms with E-state index in [4.69, 9.17) is 9.47 Å². The van der Waals surface area contributed by atoms with E-state index in [2.05, 4.69) is 10.9 Å². The van der Waals surface area contributed by atoms with Gasteiger partial charge in [-0.25, -0.2) is 10.9 Å². The summed E-state index contributed by atoms with van der Waals surface area (Å²) in [7, 11) is 0. The van der Waals surface area contributed by atoms with Crippen LogP contribution in [0.15, 0.2) is 0 Å². The summed E-state index contributed by atoms with van der Waals surface area (Å²) < 4.78 is 9.57. The highest BCUT2D eigenvalue weighted by atomic mass is 16.5. The molecule has 0 aliphatic rings. The molecule has 0 unspecified atom stereocenters. The molecular weight excluding hydrogens is 212 g/mol. The second-order valence-electron chi connectivity index (χ2n) is 3.24. The molecular formula is C10H20N2O4. The topological polar surface area (TPSA) is 76.7 Å². The Kier molecular flexibility index (Phi) is 7.49. The van der Waals surface area contributed by atoms with Crippen molar-refractivity contribution in [2.24, 2.45) is 0 Å². The minimum Gasteiger partial charge on any atom is -0.465 e. The van der Waals surface area contributed by atoms with E-state index in [9.17, 15) is 9.59 Å². The Hall–Kier alpha value is -1.14. The molecule has 0 saturated heterocycles. The molecule has 0 rings (SSSR count). The van der Waals surface area contributed by atoms with Crippen LogP contribution in [-0.2, 0) is 19.1 Å². The Bertz CT molecular complexity index is 209. The van der Waals surface area contributed by atoms with E-state index >= 15 is 0 Å². The predicted octanol–water partition coefficient (Wildman–Crippen LogP) is -0.0162. The highest BCUT2D eigenvalue weighted by Gasteiger charge is 2.17. The Labute approximate surface area is 95.6 Å². The minimum absolute atomic E-state index is 0.332. The quantitative estimate of drug-likeness (QED) is 0.474. The lowest BCUT2D eigenvalue weighted by Crippen LogP contribution is -2.51. The molecule has 16 heavy (non-hydrogen) atoms. The third-order valence-corrected chi connectivity index (χ3v) is 1.80. The van der Waals surface area contributed by atoms with Crippen LogP contribution in [0.5, 0.6) is 0 Å². The molecule has 2 atom stereocenters. The fraction of sp³-hybridized carbons (Fsp3) is 0.800. The van der Waals surface area contributed by atoms with Crippen molar-refractivity contribution >= 4 is 11.9 Å². The van der Waals surface area contributed by atoms with Crippen molar-refractivity contribution in [3.05, 3.63) is 0 Å². The van der Waals surface area contributed by atoms with Gasteiger partial charge in [0.2, 0.25) is 0 Å². The molecule has 0 bridgehead atoms. The van der Waals surface area contributed by atoms with Crippen LogP contribution < -0.4 is 10.9 Å². The maximum absolute atomic E-state index is 11.2. The molecule has 94 valence electrons. The van der Waals surface area contributed by atoms with Gasteiger partial charge in [-0.1, -0.05) is 0 Å². The average Bonchev–Trinajstić information content (AvgIpc) is 2.25. The second-order valence-corrected chi connectivity index (χ2v) is 3.24. The molecule has 0 aliphatic heterocycles. The molecule has 0 saturated carbocycles. The van der Waals surface area contributed by atoms with Crippen LogP contribution >= 0.6 is 0 Å². The lowest BCUT2D eigenvalue weighted by Gasteiger charge is -2.17. The zero-order valence-electron chi connectivity index (χ0n) is 10.2. The van der Waals surface area contributed by atoms with Crippen LogP contribution in [0.2, 0.25) is 0 Å². The summed E-state index contributed by atoms with van der Waals surface area (Å²) in [5, 5.41) is 0. The number of carbonyl (C=O) groups excluding carboxylic acids is 2. The van der Waals surface area contributed by atoms with Crippen molar-refractivity contribution in [3.63, 3.8) is 0 Å². The summed E-state index contributed by atoms with van der Waals surface area (Å²) >= 11 is 0.